The molecule has 0 bridgehead atoms. The average Bonchev–Trinajstić information content (AvgIpc) is 2.35. The maximum Gasteiger partial charge on any atom is 0.243 e. The van der Waals surface area contributed by atoms with Gasteiger partial charge in [0.2, 0.25) is 15.9 Å². The number of likely N-dealkylation sites (N-methyl/N-ethyl adjacent to an activating group) is 1. The van der Waals surface area contributed by atoms with Crippen molar-refractivity contribution in [2.24, 2.45) is 0 Å². The number of nitrogens with zero attached hydrogens (tertiary/aromatic N) is 2. The summed E-state index contributed by atoms with van der Waals surface area (Å²) >= 11 is 0. The van der Waals surface area contributed by atoms with E-state index < -0.39 is 15.8 Å². The average molecular weight is 287 g/mol. The van der Waals surface area contributed by atoms with E-state index in [1.54, 1.807) is 7.05 Å². The van der Waals surface area contributed by atoms with Crippen LogP contribution in [-0.2, 0) is 14.8 Å². The number of benzene rings is 1. The monoisotopic (exact) mass is 287 g/mol. The maximum absolute atomic E-state index is 13.3. The quantitative estimate of drug-likeness (QED) is 0.768. The number of hydrogen-bond acceptors (Lipinski definition) is 4. The lowest BCUT2D eigenvalue weighted by Gasteiger charge is -2.31. The molecule has 0 saturated carbocycles. The number of hydrogen-bond donors (Lipinski definition) is 1. The van der Waals surface area contributed by atoms with Gasteiger partial charge in [0.25, 0.3) is 0 Å². The first-order valence-corrected chi connectivity index (χ1v) is 7.05. The molecule has 2 N–H and O–H groups in total. The number of piperazine rings is 1. The minimum absolute atomic E-state index is 0.117. The van der Waals surface area contributed by atoms with E-state index in [0.717, 1.165) is 10.4 Å². The highest BCUT2D eigenvalue weighted by Crippen LogP contribution is 2.21. The zero-order chi connectivity index (χ0) is 14.2. The van der Waals surface area contributed by atoms with Gasteiger partial charge in [-0.25, -0.2) is 12.8 Å². The second kappa shape index (κ2) is 4.78. The lowest BCUT2D eigenvalue weighted by atomic mass is 10.3. The Hall–Kier alpha value is -1.67. The van der Waals surface area contributed by atoms with Gasteiger partial charge in [-0.3, -0.25) is 4.79 Å². The predicted molar refractivity (Wildman–Crippen MR) is 67.2 cm³/mol. The second-order valence-electron chi connectivity index (χ2n) is 4.34. The van der Waals surface area contributed by atoms with Gasteiger partial charge in [-0.05, 0) is 18.2 Å². The molecule has 2 rings (SSSR count). The molecule has 1 amide bonds. The van der Waals surface area contributed by atoms with E-state index in [1.165, 1.54) is 17.0 Å². The van der Waals surface area contributed by atoms with E-state index in [1.807, 2.05) is 0 Å². The number of rotatable bonds is 2. The van der Waals surface area contributed by atoms with Crippen molar-refractivity contribution in [3.8, 4) is 0 Å². The fraction of sp³-hybridized carbons (Fsp3) is 0.364. The molecule has 0 aliphatic carbocycles. The number of carbonyl (C=O) groups is 1. The number of anilines is 1. The zero-order valence-electron chi connectivity index (χ0n) is 10.3. The van der Waals surface area contributed by atoms with Gasteiger partial charge in [-0.2, -0.15) is 4.31 Å². The Morgan fingerprint density at radius 1 is 1.32 bits per heavy atom. The summed E-state index contributed by atoms with van der Waals surface area (Å²) in [5.41, 5.74) is 5.19. The Morgan fingerprint density at radius 3 is 2.58 bits per heavy atom. The van der Waals surface area contributed by atoms with Crippen LogP contribution in [0.5, 0.6) is 0 Å². The highest BCUT2D eigenvalue weighted by Gasteiger charge is 2.31. The number of sulfonamides is 1. The first-order valence-electron chi connectivity index (χ1n) is 5.61. The third-order valence-electron chi connectivity index (χ3n) is 3.03. The summed E-state index contributed by atoms with van der Waals surface area (Å²) in [6.07, 6.45) is 0. The molecule has 6 nitrogen and oxygen atoms in total. The molecule has 19 heavy (non-hydrogen) atoms. The fourth-order valence-electron chi connectivity index (χ4n) is 1.76. The number of amides is 1. The normalized spacial score (nSPS) is 17.8. The van der Waals surface area contributed by atoms with Crippen molar-refractivity contribution in [2.75, 3.05) is 32.4 Å². The Balaban J connectivity index is 2.32. The van der Waals surface area contributed by atoms with Gasteiger partial charge >= 0.3 is 0 Å². The number of nitrogen functional groups attached to an aromatic ring is 1. The van der Waals surface area contributed by atoms with Crippen LogP contribution in [-0.4, -0.2) is 50.2 Å². The van der Waals surface area contributed by atoms with Crippen LogP contribution in [0.3, 0.4) is 0 Å². The molecule has 1 saturated heterocycles. The summed E-state index contributed by atoms with van der Waals surface area (Å²) in [4.78, 5) is 12.8. The summed E-state index contributed by atoms with van der Waals surface area (Å²) < 4.78 is 38.9. The highest BCUT2D eigenvalue weighted by molar-refractivity contribution is 7.89. The smallest absolute Gasteiger partial charge is 0.243 e. The van der Waals surface area contributed by atoms with E-state index >= 15 is 0 Å². The molecule has 1 aliphatic rings. The minimum Gasteiger partial charge on any atom is -0.396 e. The third kappa shape index (κ3) is 2.54. The molecule has 1 aliphatic heterocycles. The molecule has 0 radical (unpaired) electrons. The van der Waals surface area contributed by atoms with Gasteiger partial charge in [-0.1, -0.05) is 0 Å². The van der Waals surface area contributed by atoms with Crippen molar-refractivity contribution in [3.05, 3.63) is 24.0 Å². The third-order valence-corrected chi connectivity index (χ3v) is 4.87. The largest absolute Gasteiger partial charge is 0.396 e. The molecule has 104 valence electrons. The first-order chi connectivity index (χ1) is 8.82. The molecule has 0 aromatic heterocycles. The van der Waals surface area contributed by atoms with Crippen molar-refractivity contribution >= 4 is 21.6 Å². The molecule has 0 unspecified atom stereocenters. The summed E-state index contributed by atoms with van der Waals surface area (Å²) in [5.74, 6) is -1.08. The summed E-state index contributed by atoms with van der Waals surface area (Å²) in [6, 6.07) is 3.30. The maximum atomic E-state index is 13.3. The molecular formula is C11H14FN3O3S. The van der Waals surface area contributed by atoms with E-state index in [0.29, 0.717) is 6.54 Å². The summed E-state index contributed by atoms with van der Waals surface area (Å²) in [5, 5.41) is 0. The molecule has 1 aromatic rings. The summed E-state index contributed by atoms with van der Waals surface area (Å²) in [7, 11) is -2.26. The topological polar surface area (TPSA) is 83.7 Å². The molecular weight excluding hydrogens is 273 g/mol. The molecule has 1 fully saturated rings. The van der Waals surface area contributed by atoms with Crippen molar-refractivity contribution in [3.63, 3.8) is 0 Å². The fourth-order valence-corrected chi connectivity index (χ4v) is 3.15. The van der Waals surface area contributed by atoms with E-state index in [2.05, 4.69) is 0 Å². The zero-order valence-corrected chi connectivity index (χ0v) is 11.2. The Labute approximate surface area is 110 Å². The second-order valence-corrected chi connectivity index (χ2v) is 6.28. The van der Waals surface area contributed by atoms with Crippen LogP contribution in [0.2, 0.25) is 0 Å². The number of halogens is 1. The Bertz CT molecular complexity index is 618. The van der Waals surface area contributed by atoms with Crippen LogP contribution in [0.4, 0.5) is 10.1 Å². The SMILES string of the molecule is CN1CCN(S(=O)(=O)c2ccc(N)c(F)c2)CC1=O. The van der Waals surface area contributed by atoms with Gasteiger partial charge < -0.3 is 10.6 Å². The van der Waals surface area contributed by atoms with Crippen molar-refractivity contribution < 1.29 is 17.6 Å². The van der Waals surface area contributed by atoms with Crippen LogP contribution < -0.4 is 5.73 Å². The molecule has 1 aromatic carbocycles. The Kier molecular flexibility index (Phi) is 3.46. The van der Waals surface area contributed by atoms with Crippen LogP contribution in [0.1, 0.15) is 0 Å². The standard InChI is InChI=1S/C11H14FN3O3S/c1-14-4-5-15(7-11(14)16)19(17,18)8-2-3-10(13)9(12)6-8/h2-3,6H,4-5,7,13H2,1H3. The predicted octanol–water partition coefficient (Wildman–Crippen LogP) is -0.129. The van der Waals surface area contributed by atoms with E-state index in [4.69, 9.17) is 5.73 Å². The van der Waals surface area contributed by atoms with Gasteiger partial charge in [0.15, 0.2) is 0 Å². The number of nitrogens with two attached hydrogens (primary N) is 1. The highest BCUT2D eigenvalue weighted by atomic mass is 32.2. The minimum atomic E-state index is -3.87. The van der Waals surface area contributed by atoms with Crippen LogP contribution in [0.15, 0.2) is 23.1 Å². The van der Waals surface area contributed by atoms with E-state index in [-0.39, 0.29) is 29.6 Å². The molecule has 0 atom stereocenters. The Morgan fingerprint density at radius 2 is 2.00 bits per heavy atom. The van der Waals surface area contributed by atoms with Crippen molar-refractivity contribution in [1.29, 1.82) is 0 Å². The summed E-state index contributed by atoms with van der Waals surface area (Å²) in [6.45, 7) is 0.275. The van der Waals surface area contributed by atoms with Crippen molar-refractivity contribution in [1.82, 2.24) is 9.21 Å². The molecule has 0 spiro atoms. The van der Waals surface area contributed by atoms with Crippen LogP contribution >= 0.6 is 0 Å². The lowest BCUT2D eigenvalue weighted by molar-refractivity contribution is -0.132. The van der Waals surface area contributed by atoms with Gasteiger partial charge in [0.1, 0.15) is 5.82 Å². The number of carbonyl (C=O) groups excluding carboxylic acids is 1. The molecule has 8 heteroatoms. The van der Waals surface area contributed by atoms with Crippen LogP contribution in [0, 0.1) is 5.82 Å². The van der Waals surface area contributed by atoms with Gasteiger partial charge in [0, 0.05) is 20.1 Å². The van der Waals surface area contributed by atoms with Gasteiger partial charge in [-0.15, -0.1) is 0 Å². The lowest BCUT2D eigenvalue weighted by Crippen LogP contribution is -2.50. The van der Waals surface area contributed by atoms with E-state index in [9.17, 15) is 17.6 Å². The first kappa shape index (κ1) is 13.8. The van der Waals surface area contributed by atoms with Gasteiger partial charge in [0.05, 0.1) is 17.1 Å². The molecule has 1 heterocycles. The van der Waals surface area contributed by atoms with Crippen molar-refractivity contribution in [2.45, 2.75) is 4.90 Å². The van der Waals surface area contributed by atoms with Crippen LogP contribution in [0.25, 0.3) is 0 Å².